The van der Waals surface area contributed by atoms with Gasteiger partial charge in [-0.15, -0.1) is 11.8 Å². The maximum atomic E-state index is 13.3. The van der Waals surface area contributed by atoms with Gasteiger partial charge in [-0.3, -0.25) is 14.2 Å². The minimum absolute atomic E-state index is 0.0674. The Bertz CT molecular complexity index is 1290. The van der Waals surface area contributed by atoms with Crippen LogP contribution in [0.15, 0.2) is 51.2 Å². The summed E-state index contributed by atoms with van der Waals surface area (Å²) in [5, 5.41) is 3.42. The van der Waals surface area contributed by atoms with Gasteiger partial charge < -0.3 is 14.8 Å². The van der Waals surface area contributed by atoms with E-state index in [1.54, 1.807) is 34.5 Å². The monoisotopic (exact) mass is 481 g/mol. The van der Waals surface area contributed by atoms with Crippen LogP contribution in [0.25, 0.3) is 5.69 Å². The summed E-state index contributed by atoms with van der Waals surface area (Å²) in [6, 6.07) is 11.3. The standard InChI is InChI=1S/C24H23N3O4S2/c1-14-9-15(2)11-17(10-14)27-23(29)22-18(5-8-32-22)26-24(27)33-13-21(28)25-16-3-4-19-20(12-16)31-7-6-30-19/h3-4,9-12H,5-8,13H2,1-2H3,(H,25,28). The SMILES string of the molecule is Cc1cc(C)cc(-n2c(SCC(=O)Nc3ccc4c(c3)OCCO4)nc3c(c2=O)SCC3)c1. The van der Waals surface area contributed by atoms with E-state index in [9.17, 15) is 9.59 Å². The van der Waals surface area contributed by atoms with Crippen molar-refractivity contribution in [2.24, 2.45) is 0 Å². The lowest BCUT2D eigenvalue weighted by Crippen LogP contribution is -2.25. The van der Waals surface area contributed by atoms with Gasteiger partial charge in [-0.05, 0) is 49.2 Å². The average Bonchev–Trinajstić information content (AvgIpc) is 3.26. The zero-order chi connectivity index (χ0) is 22.9. The summed E-state index contributed by atoms with van der Waals surface area (Å²) in [6.07, 6.45) is 0.764. The average molecular weight is 482 g/mol. The summed E-state index contributed by atoms with van der Waals surface area (Å²) in [6.45, 7) is 5.01. The highest BCUT2D eigenvalue weighted by molar-refractivity contribution is 8.00. The predicted molar refractivity (Wildman–Crippen MR) is 131 cm³/mol. The molecule has 9 heteroatoms. The van der Waals surface area contributed by atoms with Crippen molar-refractivity contribution in [2.45, 2.75) is 30.3 Å². The van der Waals surface area contributed by atoms with Crippen molar-refractivity contribution in [1.29, 1.82) is 0 Å². The van der Waals surface area contributed by atoms with Crippen LogP contribution >= 0.6 is 23.5 Å². The van der Waals surface area contributed by atoms with E-state index >= 15 is 0 Å². The van der Waals surface area contributed by atoms with E-state index in [2.05, 4.69) is 11.4 Å². The number of nitrogens with one attached hydrogen (secondary N) is 1. The third-order valence-corrected chi connectivity index (χ3v) is 7.34. The molecule has 0 unspecified atom stereocenters. The van der Waals surface area contributed by atoms with Crippen LogP contribution in [0.1, 0.15) is 16.8 Å². The zero-order valence-electron chi connectivity index (χ0n) is 18.3. The topological polar surface area (TPSA) is 82.5 Å². The number of benzene rings is 2. The molecule has 0 spiro atoms. The Kier molecular flexibility index (Phi) is 6.07. The van der Waals surface area contributed by atoms with Gasteiger partial charge in [-0.1, -0.05) is 17.8 Å². The van der Waals surface area contributed by atoms with Crippen LogP contribution in [0.2, 0.25) is 0 Å². The van der Waals surface area contributed by atoms with Crippen molar-refractivity contribution in [3.8, 4) is 17.2 Å². The molecule has 7 nitrogen and oxygen atoms in total. The molecule has 5 rings (SSSR count). The Morgan fingerprint density at radius 2 is 1.88 bits per heavy atom. The molecule has 1 N–H and O–H groups in total. The van der Waals surface area contributed by atoms with E-state index in [1.165, 1.54) is 11.8 Å². The lowest BCUT2D eigenvalue weighted by atomic mass is 10.1. The van der Waals surface area contributed by atoms with Crippen LogP contribution < -0.4 is 20.3 Å². The van der Waals surface area contributed by atoms with Crippen LogP contribution in [-0.4, -0.2) is 40.2 Å². The molecule has 0 atom stereocenters. The highest BCUT2D eigenvalue weighted by Gasteiger charge is 2.23. The highest BCUT2D eigenvalue weighted by atomic mass is 32.2. The summed E-state index contributed by atoms with van der Waals surface area (Å²) in [5.41, 5.74) is 4.29. The minimum atomic E-state index is -0.187. The number of aromatic nitrogens is 2. The number of carbonyl (C=O) groups is 1. The van der Waals surface area contributed by atoms with Crippen molar-refractivity contribution < 1.29 is 14.3 Å². The van der Waals surface area contributed by atoms with E-state index in [0.717, 1.165) is 34.7 Å². The van der Waals surface area contributed by atoms with Crippen LogP contribution in [0.5, 0.6) is 11.5 Å². The van der Waals surface area contributed by atoms with Gasteiger partial charge in [0.05, 0.1) is 22.0 Å². The molecule has 170 valence electrons. The van der Waals surface area contributed by atoms with Crippen LogP contribution in [0, 0.1) is 13.8 Å². The quantitative estimate of drug-likeness (QED) is 0.436. The van der Waals surface area contributed by atoms with Crippen molar-refractivity contribution in [3.63, 3.8) is 0 Å². The van der Waals surface area contributed by atoms with E-state index in [0.29, 0.717) is 40.5 Å². The number of aryl methyl sites for hydroxylation is 3. The molecule has 2 aliphatic heterocycles. The molecule has 0 bridgehead atoms. The first-order valence-corrected chi connectivity index (χ1v) is 12.6. The van der Waals surface area contributed by atoms with Crippen LogP contribution in [0.3, 0.4) is 0 Å². The molecule has 3 heterocycles. The smallest absolute Gasteiger partial charge is 0.272 e. The number of nitrogens with zero attached hydrogens (tertiary/aromatic N) is 2. The molecule has 1 amide bonds. The maximum Gasteiger partial charge on any atom is 0.272 e. The normalized spacial score (nSPS) is 14.1. The predicted octanol–water partition coefficient (Wildman–Crippen LogP) is 4.00. The fraction of sp³-hybridized carbons (Fsp3) is 0.292. The molecule has 0 saturated heterocycles. The van der Waals surface area contributed by atoms with E-state index < -0.39 is 0 Å². The number of fused-ring (bicyclic) bond motifs is 2. The summed E-state index contributed by atoms with van der Waals surface area (Å²) in [5.74, 6) is 2.08. The molecule has 2 aliphatic rings. The van der Waals surface area contributed by atoms with Gasteiger partial charge in [-0.2, -0.15) is 0 Å². The summed E-state index contributed by atoms with van der Waals surface area (Å²) >= 11 is 2.82. The van der Waals surface area contributed by atoms with Gasteiger partial charge in [0.1, 0.15) is 13.2 Å². The van der Waals surface area contributed by atoms with Gasteiger partial charge in [0, 0.05) is 23.9 Å². The molecule has 33 heavy (non-hydrogen) atoms. The first-order chi connectivity index (χ1) is 16.0. The Morgan fingerprint density at radius 1 is 1.12 bits per heavy atom. The molecule has 0 radical (unpaired) electrons. The molecule has 1 aromatic heterocycles. The number of carbonyl (C=O) groups excluding carboxylic acids is 1. The Hall–Kier alpha value is -2.91. The van der Waals surface area contributed by atoms with Crippen molar-refractivity contribution >= 4 is 35.1 Å². The molecular formula is C24H23N3O4S2. The van der Waals surface area contributed by atoms with E-state index in [4.69, 9.17) is 14.5 Å². The number of hydrogen-bond acceptors (Lipinski definition) is 7. The number of amides is 1. The summed E-state index contributed by atoms with van der Waals surface area (Å²) in [7, 11) is 0. The van der Waals surface area contributed by atoms with Crippen molar-refractivity contribution in [3.05, 3.63) is 63.6 Å². The second-order valence-corrected chi connectivity index (χ2v) is 10.00. The van der Waals surface area contributed by atoms with Gasteiger partial charge in [0.15, 0.2) is 16.7 Å². The summed E-state index contributed by atoms with van der Waals surface area (Å²) in [4.78, 5) is 31.5. The minimum Gasteiger partial charge on any atom is -0.486 e. The lowest BCUT2D eigenvalue weighted by Gasteiger charge is -2.19. The third kappa shape index (κ3) is 4.60. The Morgan fingerprint density at radius 3 is 2.67 bits per heavy atom. The van der Waals surface area contributed by atoms with E-state index in [1.807, 2.05) is 26.0 Å². The molecule has 3 aromatic rings. The largest absolute Gasteiger partial charge is 0.486 e. The molecule has 0 aliphatic carbocycles. The first-order valence-electron chi connectivity index (χ1n) is 10.7. The second kappa shape index (κ2) is 9.15. The zero-order valence-corrected chi connectivity index (χ0v) is 20.0. The molecule has 2 aromatic carbocycles. The molecular weight excluding hydrogens is 458 g/mol. The number of rotatable bonds is 5. The number of hydrogen-bond donors (Lipinski definition) is 1. The Labute approximate surface area is 199 Å². The highest BCUT2D eigenvalue weighted by Crippen LogP contribution is 2.33. The summed E-state index contributed by atoms with van der Waals surface area (Å²) < 4.78 is 12.7. The fourth-order valence-electron chi connectivity index (χ4n) is 3.94. The van der Waals surface area contributed by atoms with Crippen molar-refractivity contribution in [2.75, 3.05) is 30.0 Å². The molecule has 0 fully saturated rings. The second-order valence-electron chi connectivity index (χ2n) is 7.95. The number of ether oxygens (including phenoxy) is 2. The maximum absolute atomic E-state index is 13.3. The number of thioether (sulfide) groups is 2. The van der Waals surface area contributed by atoms with Gasteiger partial charge in [0.2, 0.25) is 5.91 Å². The third-order valence-electron chi connectivity index (χ3n) is 5.29. The van der Waals surface area contributed by atoms with Crippen molar-refractivity contribution in [1.82, 2.24) is 9.55 Å². The van der Waals surface area contributed by atoms with Gasteiger partial charge in [-0.25, -0.2) is 4.98 Å². The van der Waals surface area contributed by atoms with Crippen LogP contribution in [0.4, 0.5) is 5.69 Å². The number of anilines is 1. The van der Waals surface area contributed by atoms with Crippen LogP contribution in [-0.2, 0) is 11.2 Å². The Balaban J connectivity index is 1.39. The van der Waals surface area contributed by atoms with Gasteiger partial charge >= 0.3 is 0 Å². The lowest BCUT2D eigenvalue weighted by molar-refractivity contribution is -0.113. The first kappa shape index (κ1) is 21.9. The van der Waals surface area contributed by atoms with Gasteiger partial charge in [0.25, 0.3) is 5.56 Å². The van der Waals surface area contributed by atoms with E-state index in [-0.39, 0.29) is 17.2 Å². The fourth-order valence-corrected chi connectivity index (χ4v) is 5.80. The molecule has 0 saturated carbocycles.